The third-order valence-corrected chi connectivity index (χ3v) is 3.36. The molecule has 1 aliphatic heterocycles. The minimum Gasteiger partial charge on any atom is -0.394 e. The van der Waals surface area contributed by atoms with Crippen LogP contribution in [0.25, 0.3) is 0 Å². The maximum absolute atomic E-state index is 9.23. The number of hydrogen-bond donors (Lipinski definition) is 3. The van der Waals surface area contributed by atoms with Crippen molar-refractivity contribution in [3.63, 3.8) is 0 Å². The van der Waals surface area contributed by atoms with Crippen LogP contribution in [0.2, 0.25) is 5.02 Å². The van der Waals surface area contributed by atoms with Crippen LogP contribution < -0.4 is 10.6 Å². The van der Waals surface area contributed by atoms with E-state index in [4.69, 9.17) is 27.5 Å². The molecule has 1 fully saturated rings. The molecule has 1 saturated heterocycles. The van der Waals surface area contributed by atoms with Gasteiger partial charge >= 0.3 is 0 Å². The fourth-order valence-corrected chi connectivity index (χ4v) is 2.51. The van der Waals surface area contributed by atoms with Crippen molar-refractivity contribution in [2.24, 2.45) is 5.73 Å². The molecule has 2 atom stereocenters. The van der Waals surface area contributed by atoms with Crippen LogP contribution in [-0.2, 0) is 4.74 Å². The van der Waals surface area contributed by atoms with E-state index in [1.54, 1.807) is 12.3 Å². The Bertz CT molecular complexity index is 483. The molecule has 0 bridgehead atoms. The molecule has 4 N–H and O–H groups in total. The van der Waals surface area contributed by atoms with E-state index in [1.807, 2.05) is 11.8 Å². The molecule has 7 heteroatoms. The summed E-state index contributed by atoms with van der Waals surface area (Å²) in [5.74, 6) is 0.483. The van der Waals surface area contributed by atoms with Crippen molar-refractivity contribution in [1.29, 1.82) is 5.41 Å². The average Bonchev–Trinajstić information content (AvgIpc) is 2.37. The van der Waals surface area contributed by atoms with Crippen molar-refractivity contribution in [2.75, 3.05) is 24.6 Å². The number of nitrogens with two attached hydrogens (primary N) is 1. The molecule has 0 saturated carbocycles. The van der Waals surface area contributed by atoms with Crippen molar-refractivity contribution in [2.45, 2.75) is 19.1 Å². The number of nitrogen functional groups attached to an aromatic ring is 1. The lowest BCUT2D eigenvalue weighted by Gasteiger charge is -2.37. The Morgan fingerprint density at radius 3 is 3.05 bits per heavy atom. The number of aromatic nitrogens is 1. The third-order valence-electron chi connectivity index (χ3n) is 2.99. The average molecular weight is 285 g/mol. The van der Waals surface area contributed by atoms with E-state index in [2.05, 4.69) is 4.98 Å². The van der Waals surface area contributed by atoms with Gasteiger partial charge in [0, 0.05) is 24.8 Å². The Hall–Kier alpha value is -1.37. The highest BCUT2D eigenvalue weighted by atomic mass is 35.5. The monoisotopic (exact) mass is 284 g/mol. The second kappa shape index (κ2) is 5.73. The number of anilines is 1. The molecule has 0 spiro atoms. The highest BCUT2D eigenvalue weighted by molar-refractivity contribution is 6.36. The van der Waals surface area contributed by atoms with Crippen LogP contribution in [0.4, 0.5) is 5.82 Å². The van der Waals surface area contributed by atoms with Gasteiger partial charge in [-0.15, -0.1) is 0 Å². The number of amidine groups is 1. The first-order valence-electron chi connectivity index (χ1n) is 6.03. The summed E-state index contributed by atoms with van der Waals surface area (Å²) in [7, 11) is 0. The van der Waals surface area contributed by atoms with E-state index in [9.17, 15) is 5.11 Å². The molecular weight excluding hydrogens is 268 g/mol. The van der Waals surface area contributed by atoms with E-state index in [0.717, 1.165) is 0 Å². The molecule has 0 amide bonds. The topological polar surface area (TPSA) is 95.5 Å². The van der Waals surface area contributed by atoms with Gasteiger partial charge in [0.15, 0.2) is 0 Å². The zero-order valence-electron chi connectivity index (χ0n) is 10.6. The molecule has 2 rings (SSSR count). The van der Waals surface area contributed by atoms with E-state index in [-0.39, 0.29) is 24.7 Å². The minimum atomic E-state index is -0.261. The standard InChI is InChI=1S/C12H17ClN4O2/c1-7-4-17(5-8(6-18)19-7)12-10(13)9(11(14)15)2-3-16-12/h2-3,7-8,18H,4-6H2,1H3,(H3,14,15). The van der Waals surface area contributed by atoms with Crippen LogP contribution >= 0.6 is 11.6 Å². The Morgan fingerprint density at radius 1 is 1.68 bits per heavy atom. The van der Waals surface area contributed by atoms with Gasteiger partial charge in [0.25, 0.3) is 0 Å². The highest BCUT2D eigenvalue weighted by Crippen LogP contribution is 2.28. The van der Waals surface area contributed by atoms with Crippen molar-refractivity contribution >= 4 is 23.3 Å². The summed E-state index contributed by atoms with van der Waals surface area (Å²) in [6, 6.07) is 1.61. The number of ether oxygens (including phenoxy) is 1. The molecule has 1 aliphatic rings. The zero-order chi connectivity index (χ0) is 14.0. The van der Waals surface area contributed by atoms with E-state index in [0.29, 0.717) is 29.5 Å². The van der Waals surface area contributed by atoms with Gasteiger partial charge in [-0.2, -0.15) is 0 Å². The molecular formula is C12H17ClN4O2. The number of pyridine rings is 1. The largest absolute Gasteiger partial charge is 0.394 e. The summed E-state index contributed by atoms with van der Waals surface area (Å²) in [5.41, 5.74) is 5.95. The van der Waals surface area contributed by atoms with Gasteiger partial charge in [-0.25, -0.2) is 4.98 Å². The Morgan fingerprint density at radius 2 is 2.42 bits per heavy atom. The van der Waals surface area contributed by atoms with Crippen LogP contribution in [0.5, 0.6) is 0 Å². The van der Waals surface area contributed by atoms with Gasteiger partial charge in [-0.3, -0.25) is 5.41 Å². The Labute approximate surface area is 116 Å². The van der Waals surface area contributed by atoms with Crippen molar-refractivity contribution in [1.82, 2.24) is 4.98 Å². The third kappa shape index (κ3) is 2.97. The first-order chi connectivity index (χ1) is 9.02. The van der Waals surface area contributed by atoms with Crippen LogP contribution in [0.1, 0.15) is 12.5 Å². The predicted molar refractivity (Wildman–Crippen MR) is 73.9 cm³/mol. The quantitative estimate of drug-likeness (QED) is 0.558. The molecule has 2 heterocycles. The number of aliphatic hydroxyl groups is 1. The minimum absolute atomic E-state index is 0.0234. The summed E-state index contributed by atoms with van der Waals surface area (Å²) in [5, 5.41) is 17.1. The number of nitrogens with zero attached hydrogens (tertiary/aromatic N) is 2. The van der Waals surface area contributed by atoms with Crippen LogP contribution in [-0.4, -0.2) is 47.8 Å². The molecule has 1 aromatic rings. The first kappa shape index (κ1) is 14.0. The molecule has 0 aliphatic carbocycles. The fraction of sp³-hybridized carbons (Fsp3) is 0.500. The van der Waals surface area contributed by atoms with E-state index in [1.165, 1.54) is 0 Å². The Balaban J connectivity index is 2.31. The highest BCUT2D eigenvalue weighted by Gasteiger charge is 2.27. The van der Waals surface area contributed by atoms with Crippen molar-refractivity contribution in [3.05, 3.63) is 22.8 Å². The smallest absolute Gasteiger partial charge is 0.148 e. The fourth-order valence-electron chi connectivity index (χ4n) is 2.18. The summed E-state index contributed by atoms with van der Waals surface area (Å²) < 4.78 is 5.58. The normalized spacial score (nSPS) is 23.4. The molecule has 104 valence electrons. The summed E-state index contributed by atoms with van der Waals surface area (Å²) >= 11 is 6.25. The molecule has 1 aromatic heterocycles. The van der Waals surface area contributed by atoms with Crippen LogP contribution in [0.3, 0.4) is 0 Å². The summed E-state index contributed by atoms with van der Waals surface area (Å²) in [4.78, 5) is 6.20. The molecule has 0 radical (unpaired) electrons. The van der Waals surface area contributed by atoms with Crippen molar-refractivity contribution < 1.29 is 9.84 Å². The lowest BCUT2D eigenvalue weighted by Crippen LogP contribution is -2.48. The second-order valence-corrected chi connectivity index (χ2v) is 4.94. The lowest BCUT2D eigenvalue weighted by atomic mass is 10.2. The number of nitrogens with one attached hydrogen (secondary N) is 1. The number of halogens is 1. The van der Waals surface area contributed by atoms with Crippen LogP contribution in [0.15, 0.2) is 12.3 Å². The lowest BCUT2D eigenvalue weighted by molar-refractivity contribution is -0.0422. The molecule has 0 aromatic carbocycles. The van der Waals surface area contributed by atoms with Gasteiger partial charge in [0.05, 0.1) is 23.8 Å². The Kier molecular flexibility index (Phi) is 4.24. The SMILES string of the molecule is CC1CN(c2nccc(C(=N)N)c2Cl)CC(CO)O1. The number of morpholine rings is 1. The van der Waals surface area contributed by atoms with Crippen molar-refractivity contribution in [3.8, 4) is 0 Å². The number of aliphatic hydroxyl groups excluding tert-OH is 1. The molecule has 2 unspecified atom stereocenters. The van der Waals surface area contributed by atoms with E-state index < -0.39 is 0 Å². The number of hydrogen-bond acceptors (Lipinski definition) is 5. The van der Waals surface area contributed by atoms with Gasteiger partial charge < -0.3 is 20.5 Å². The zero-order valence-corrected chi connectivity index (χ0v) is 11.4. The van der Waals surface area contributed by atoms with Gasteiger partial charge in [-0.05, 0) is 13.0 Å². The maximum Gasteiger partial charge on any atom is 0.148 e. The van der Waals surface area contributed by atoms with Gasteiger partial charge in [0.2, 0.25) is 0 Å². The maximum atomic E-state index is 9.23. The predicted octanol–water partition coefficient (Wildman–Crippen LogP) is 0.605. The van der Waals surface area contributed by atoms with Gasteiger partial charge in [0.1, 0.15) is 11.7 Å². The molecule has 6 nitrogen and oxygen atoms in total. The second-order valence-electron chi connectivity index (χ2n) is 4.57. The number of rotatable bonds is 3. The van der Waals surface area contributed by atoms with Gasteiger partial charge in [-0.1, -0.05) is 11.6 Å². The first-order valence-corrected chi connectivity index (χ1v) is 6.41. The van der Waals surface area contributed by atoms with Crippen LogP contribution in [0, 0.1) is 5.41 Å². The molecule has 19 heavy (non-hydrogen) atoms. The summed E-state index contributed by atoms with van der Waals surface area (Å²) in [6.45, 7) is 3.02. The summed E-state index contributed by atoms with van der Waals surface area (Å²) in [6.07, 6.45) is 1.29. The van der Waals surface area contributed by atoms with E-state index >= 15 is 0 Å².